The molecule has 0 aliphatic heterocycles. The van der Waals surface area contributed by atoms with Gasteiger partial charge in [-0.15, -0.1) is 5.10 Å². The Morgan fingerprint density at radius 2 is 2.20 bits per heavy atom. The Balaban J connectivity index is 2.17. The van der Waals surface area contributed by atoms with Gasteiger partial charge in [0, 0.05) is 0 Å². The van der Waals surface area contributed by atoms with Crippen molar-refractivity contribution in [3.05, 3.63) is 12.4 Å². The van der Waals surface area contributed by atoms with E-state index in [-0.39, 0.29) is 0 Å². The minimum absolute atomic E-state index is 0.535. The van der Waals surface area contributed by atoms with E-state index in [1.165, 1.54) is 19.3 Å². The first-order valence-electron chi connectivity index (χ1n) is 5.96. The second-order valence-electron chi connectivity index (χ2n) is 5.22. The van der Waals surface area contributed by atoms with Gasteiger partial charge in [0.05, 0.1) is 12.2 Å². The van der Waals surface area contributed by atoms with E-state index in [4.69, 9.17) is 0 Å². The Morgan fingerprint density at radius 3 is 2.80 bits per heavy atom. The molecule has 0 aromatic carbocycles. The maximum absolute atomic E-state index is 4.12. The molecule has 0 saturated heterocycles. The lowest BCUT2D eigenvalue weighted by Crippen LogP contribution is -2.30. The van der Waals surface area contributed by atoms with Crippen LogP contribution in [0.15, 0.2) is 6.20 Å². The largest absolute Gasteiger partial charge is 0.248 e. The van der Waals surface area contributed by atoms with Gasteiger partial charge in [-0.05, 0) is 30.6 Å². The molecular weight excluding hydrogens is 186 g/mol. The van der Waals surface area contributed by atoms with Gasteiger partial charge in [0.25, 0.3) is 0 Å². The third kappa shape index (κ3) is 2.21. The van der Waals surface area contributed by atoms with Crippen molar-refractivity contribution in [2.24, 2.45) is 17.8 Å². The fourth-order valence-corrected chi connectivity index (χ4v) is 2.81. The molecule has 1 aromatic rings. The summed E-state index contributed by atoms with van der Waals surface area (Å²) in [5.74, 6) is 2.29. The van der Waals surface area contributed by atoms with Crippen LogP contribution < -0.4 is 0 Å². The number of rotatable bonds is 2. The van der Waals surface area contributed by atoms with E-state index in [0.717, 1.165) is 17.8 Å². The van der Waals surface area contributed by atoms with Crippen LogP contribution in [0.2, 0.25) is 0 Å². The van der Waals surface area contributed by atoms with E-state index in [9.17, 15) is 0 Å². The summed E-state index contributed by atoms with van der Waals surface area (Å²) in [5, 5.41) is 7.92. The van der Waals surface area contributed by atoms with Gasteiger partial charge in [0.15, 0.2) is 0 Å². The molecule has 15 heavy (non-hydrogen) atoms. The number of hydrogen-bond acceptors (Lipinski definition) is 2. The normalized spacial score (nSPS) is 32.1. The van der Waals surface area contributed by atoms with Crippen molar-refractivity contribution in [3.8, 4) is 0 Å². The quantitative estimate of drug-likeness (QED) is 0.745. The molecule has 3 atom stereocenters. The van der Waals surface area contributed by atoms with Crippen LogP contribution >= 0.6 is 0 Å². The topological polar surface area (TPSA) is 30.7 Å². The lowest BCUT2D eigenvalue weighted by atomic mass is 9.74. The number of nitrogens with zero attached hydrogens (tertiary/aromatic N) is 3. The second-order valence-corrected chi connectivity index (χ2v) is 5.22. The van der Waals surface area contributed by atoms with Crippen molar-refractivity contribution in [1.29, 1.82) is 0 Å². The molecule has 1 aromatic heterocycles. The molecule has 1 saturated carbocycles. The predicted molar refractivity (Wildman–Crippen MR) is 59.2 cm³/mol. The molecule has 1 fully saturated rings. The Kier molecular flexibility index (Phi) is 3.08. The minimum Gasteiger partial charge on any atom is -0.248 e. The predicted octanol–water partition coefficient (Wildman–Crippen LogP) is 2.71. The van der Waals surface area contributed by atoms with Crippen molar-refractivity contribution in [2.75, 3.05) is 0 Å². The summed E-state index contributed by atoms with van der Waals surface area (Å²) in [7, 11) is 0. The maximum atomic E-state index is 4.12. The van der Waals surface area contributed by atoms with Crippen molar-refractivity contribution >= 4 is 0 Å². The third-order valence-corrected chi connectivity index (χ3v) is 3.72. The van der Waals surface area contributed by atoms with Crippen molar-refractivity contribution < 1.29 is 0 Å². The average Bonchev–Trinajstić information content (AvgIpc) is 2.69. The molecule has 3 nitrogen and oxygen atoms in total. The van der Waals surface area contributed by atoms with Gasteiger partial charge in [-0.3, -0.25) is 0 Å². The van der Waals surface area contributed by atoms with E-state index in [2.05, 4.69) is 37.3 Å². The zero-order valence-electron chi connectivity index (χ0n) is 9.85. The first kappa shape index (κ1) is 10.7. The Morgan fingerprint density at radius 1 is 1.40 bits per heavy atom. The van der Waals surface area contributed by atoms with Gasteiger partial charge in [0.2, 0.25) is 0 Å². The van der Waals surface area contributed by atoms with Crippen LogP contribution in [0.25, 0.3) is 0 Å². The molecule has 3 heteroatoms. The van der Waals surface area contributed by atoms with E-state index in [1.54, 1.807) is 0 Å². The van der Waals surface area contributed by atoms with E-state index < -0.39 is 0 Å². The standard InChI is InChI=1S/C12H20N3/c1-9(2)11-5-4-10(3)8-12(11)15-7-6-13-14-15/h7,9-12H,4-5,8H2,1-3H3/t10-,11+,12-/m1/s1. The first-order valence-corrected chi connectivity index (χ1v) is 5.96. The van der Waals surface area contributed by atoms with Gasteiger partial charge in [-0.2, -0.15) is 0 Å². The molecule has 0 bridgehead atoms. The minimum atomic E-state index is 0.535. The van der Waals surface area contributed by atoms with Gasteiger partial charge in [-0.1, -0.05) is 32.4 Å². The van der Waals surface area contributed by atoms with Crippen molar-refractivity contribution in [3.63, 3.8) is 0 Å². The SMILES string of the molecule is CC(C)[C@@H]1CC[C@@H](C)C[C@H]1n1c[c]nn1. The summed E-state index contributed by atoms with van der Waals surface area (Å²) in [4.78, 5) is 0. The summed E-state index contributed by atoms with van der Waals surface area (Å²) in [6, 6.07) is 0.535. The fraction of sp³-hybridized carbons (Fsp3) is 0.833. The zero-order valence-corrected chi connectivity index (χ0v) is 9.85. The van der Waals surface area contributed by atoms with Gasteiger partial charge < -0.3 is 0 Å². The molecule has 1 radical (unpaired) electrons. The van der Waals surface area contributed by atoms with Crippen LogP contribution in [-0.4, -0.2) is 15.0 Å². The molecular formula is C12H20N3. The highest BCUT2D eigenvalue weighted by Crippen LogP contribution is 2.40. The number of hydrogen-bond donors (Lipinski definition) is 0. The molecule has 1 aliphatic rings. The molecule has 0 unspecified atom stereocenters. The Bertz CT molecular complexity index is 292. The zero-order chi connectivity index (χ0) is 10.8. The highest BCUT2D eigenvalue weighted by molar-refractivity contribution is 4.85. The fourth-order valence-electron chi connectivity index (χ4n) is 2.81. The third-order valence-electron chi connectivity index (χ3n) is 3.72. The molecule has 0 amide bonds. The first-order chi connectivity index (χ1) is 7.18. The second kappa shape index (κ2) is 4.33. The molecule has 0 N–H and O–H groups in total. The number of aromatic nitrogens is 3. The van der Waals surface area contributed by atoms with Crippen molar-refractivity contribution in [1.82, 2.24) is 15.0 Å². The van der Waals surface area contributed by atoms with E-state index in [1.807, 2.05) is 10.9 Å². The van der Waals surface area contributed by atoms with Crippen molar-refractivity contribution in [2.45, 2.75) is 46.1 Å². The highest BCUT2D eigenvalue weighted by atomic mass is 15.4. The van der Waals surface area contributed by atoms with Crippen LogP contribution in [0.5, 0.6) is 0 Å². The van der Waals surface area contributed by atoms with E-state index >= 15 is 0 Å². The summed E-state index contributed by atoms with van der Waals surface area (Å²) >= 11 is 0. The maximum Gasteiger partial charge on any atom is 0.134 e. The average molecular weight is 206 g/mol. The smallest absolute Gasteiger partial charge is 0.134 e. The van der Waals surface area contributed by atoms with Gasteiger partial charge >= 0.3 is 0 Å². The lowest BCUT2D eigenvalue weighted by molar-refractivity contribution is 0.137. The van der Waals surface area contributed by atoms with Gasteiger partial charge in [-0.25, -0.2) is 4.68 Å². The molecule has 1 heterocycles. The monoisotopic (exact) mass is 206 g/mol. The molecule has 1 aliphatic carbocycles. The van der Waals surface area contributed by atoms with Crippen LogP contribution in [0.1, 0.15) is 46.1 Å². The summed E-state index contributed by atoms with van der Waals surface area (Å²) in [5.41, 5.74) is 0. The van der Waals surface area contributed by atoms with Crippen LogP contribution in [0.4, 0.5) is 0 Å². The van der Waals surface area contributed by atoms with Crippen LogP contribution in [-0.2, 0) is 0 Å². The Labute approximate surface area is 91.9 Å². The van der Waals surface area contributed by atoms with Gasteiger partial charge in [0.1, 0.15) is 6.20 Å². The molecule has 2 rings (SSSR count). The summed E-state index contributed by atoms with van der Waals surface area (Å²) in [6.07, 6.45) is 8.61. The summed E-state index contributed by atoms with van der Waals surface area (Å²) < 4.78 is 2.01. The molecule has 0 spiro atoms. The Hall–Kier alpha value is -0.860. The van der Waals surface area contributed by atoms with E-state index in [0.29, 0.717) is 6.04 Å². The molecule has 83 valence electrons. The van der Waals surface area contributed by atoms with Crippen LogP contribution in [0, 0.1) is 24.0 Å². The highest BCUT2D eigenvalue weighted by Gasteiger charge is 2.32. The lowest BCUT2D eigenvalue weighted by Gasteiger charge is -2.37. The van der Waals surface area contributed by atoms with Crippen LogP contribution in [0.3, 0.4) is 0 Å². The summed E-state index contributed by atoms with van der Waals surface area (Å²) in [6.45, 7) is 6.97.